The van der Waals surface area contributed by atoms with Crippen molar-refractivity contribution in [1.82, 2.24) is 15.0 Å². The van der Waals surface area contributed by atoms with E-state index in [4.69, 9.17) is 0 Å². The van der Waals surface area contributed by atoms with E-state index in [9.17, 15) is 12.8 Å². The van der Waals surface area contributed by atoms with Gasteiger partial charge in [-0.2, -0.15) is 0 Å². The predicted octanol–water partition coefficient (Wildman–Crippen LogP) is 0.811. The van der Waals surface area contributed by atoms with Crippen LogP contribution in [0.2, 0.25) is 0 Å². The van der Waals surface area contributed by atoms with Gasteiger partial charge in [0.1, 0.15) is 5.82 Å². The first-order valence-electron chi connectivity index (χ1n) is 5.72. The quantitative estimate of drug-likeness (QED) is 0.722. The predicted molar refractivity (Wildman–Crippen MR) is 68.1 cm³/mol. The second kappa shape index (κ2) is 6.77. The molecular weight excluding hydrogens is 257 g/mol. The molecule has 0 spiro atoms. The third-order valence-corrected chi connectivity index (χ3v) is 3.12. The molecule has 2 N–H and O–H groups in total. The summed E-state index contributed by atoms with van der Waals surface area (Å²) >= 11 is 0. The first-order valence-corrected chi connectivity index (χ1v) is 7.61. The van der Waals surface area contributed by atoms with Crippen molar-refractivity contribution in [2.45, 2.75) is 19.4 Å². The fourth-order valence-corrected chi connectivity index (χ4v) is 2.01. The number of halogens is 1. The van der Waals surface area contributed by atoms with E-state index in [1.807, 2.05) is 6.92 Å². The van der Waals surface area contributed by atoms with Gasteiger partial charge in [0.25, 0.3) is 0 Å². The van der Waals surface area contributed by atoms with Crippen LogP contribution in [0.4, 0.5) is 4.39 Å². The lowest BCUT2D eigenvalue weighted by Crippen LogP contribution is -2.33. The SMILES string of the molecule is CCC(NCCNS(C)(=O)=O)c1ccc(F)cn1. The Balaban J connectivity index is 2.45. The van der Waals surface area contributed by atoms with Gasteiger partial charge in [0.15, 0.2) is 0 Å². The van der Waals surface area contributed by atoms with Gasteiger partial charge in [0, 0.05) is 19.1 Å². The summed E-state index contributed by atoms with van der Waals surface area (Å²) < 4.78 is 36.8. The minimum atomic E-state index is -3.15. The molecule has 0 bridgehead atoms. The highest BCUT2D eigenvalue weighted by molar-refractivity contribution is 7.88. The van der Waals surface area contributed by atoms with Crippen molar-refractivity contribution >= 4 is 10.0 Å². The molecule has 0 saturated heterocycles. The van der Waals surface area contributed by atoms with Crippen LogP contribution in [0.25, 0.3) is 0 Å². The molecule has 0 aliphatic carbocycles. The summed E-state index contributed by atoms with van der Waals surface area (Å²) in [7, 11) is -3.15. The maximum Gasteiger partial charge on any atom is 0.208 e. The van der Waals surface area contributed by atoms with Gasteiger partial charge in [-0.25, -0.2) is 17.5 Å². The Morgan fingerprint density at radius 3 is 2.61 bits per heavy atom. The fourth-order valence-electron chi connectivity index (χ4n) is 1.53. The van der Waals surface area contributed by atoms with Crippen molar-refractivity contribution in [2.75, 3.05) is 19.3 Å². The molecule has 0 aliphatic rings. The Hall–Kier alpha value is -1.05. The molecule has 1 atom stereocenters. The second-order valence-corrected chi connectivity index (χ2v) is 5.82. The number of hydrogen-bond acceptors (Lipinski definition) is 4. The van der Waals surface area contributed by atoms with E-state index in [2.05, 4.69) is 15.0 Å². The smallest absolute Gasteiger partial charge is 0.208 e. The molecule has 18 heavy (non-hydrogen) atoms. The number of hydrogen-bond donors (Lipinski definition) is 2. The van der Waals surface area contributed by atoms with Crippen LogP contribution < -0.4 is 10.0 Å². The summed E-state index contributed by atoms with van der Waals surface area (Å²) in [6.07, 6.45) is 3.08. The van der Waals surface area contributed by atoms with Crippen molar-refractivity contribution in [2.24, 2.45) is 0 Å². The summed E-state index contributed by atoms with van der Waals surface area (Å²) in [4.78, 5) is 4.00. The molecule has 1 rings (SSSR count). The number of nitrogens with one attached hydrogen (secondary N) is 2. The Morgan fingerprint density at radius 2 is 2.11 bits per heavy atom. The van der Waals surface area contributed by atoms with Crippen LogP contribution in [0.3, 0.4) is 0 Å². The molecule has 1 unspecified atom stereocenters. The molecule has 0 radical (unpaired) electrons. The zero-order chi connectivity index (χ0) is 13.6. The van der Waals surface area contributed by atoms with Crippen molar-refractivity contribution in [3.05, 3.63) is 29.8 Å². The molecule has 0 aromatic carbocycles. The van der Waals surface area contributed by atoms with Crippen molar-refractivity contribution < 1.29 is 12.8 Å². The summed E-state index contributed by atoms with van der Waals surface area (Å²) in [5, 5.41) is 3.17. The topological polar surface area (TPSA) is 71.1 Å². The summed E-state index contributed by atoms with van der Waals surface area (Å²) in [6.45, 7) is 2.79. The van der Waals surface area contributed by atoms with Gasteiger partial charge in [-0.15, -0.1) is 0 Å². The van der Waals surface area contributed by atoms with E-state index in [0.29, 0.717) is 13.1 Å². The van der Waals surface area contributed by atoms with Gasteiger partial charge in [-0.05, 0) is 18.6 Å². The van der Waals surface area contributed by atoms with Gasteiger partial charge < -0.3 is 5.32 Å². The molecule has 1 heterocycles. The average Bonchev–Trinajstić information content (AvgIpc) is 2.29. The zero-order valence-corrected chi connectivity index (χ0v) is 11.3. The molecule has 1 aromatic heterocycles. The largest absolute Gasteiger partial charge is 0.307 e. The minimum absolute atomic E-state index is 0.00744. The van der Waals surface area contributed by atoms with Gasteiger partial charge in [-0.1, -0.05) is 6.92 Å². The molecular formula is C11H18FN3O2S. The van der Waals surface area contributed by atoms with Crippen LogP contribution in [0.5, 0.6) is 0 Å². The van der Waals surface area contributed by atoms with Gasteiger partial charge in [-0.3, -0.25) is 4.98 Å². The third-order valence-electron chi connectivity index (χ3n) is 2.40. The monoisotopic (exact) mass is 275 g/mol. The number of pyridine rings is 1. The standard InChI is InChI=1S/C11H18FN3O2S/c1-3-10(11-5-4-9(12)8-14-11)13-6-7-15-18(2,16)17/h4-5,8,10,13,15H,3,6-7H2,1-2H3. The lowest BCUT2D eigenvalue weighted by Gasteiger charge is -2.16. The van der Waals surface area contributed by atoms with Crippen LogP contribution in [0.1, 0.15) is 25.1 Å². The van der Waals surface area contributed by atoms with Gasteiger partial charge in [0.05, 0.1) is 18.1 Å². The Morgan fingerprint density at radius 1 is 1.39 bits per heavy atom. The molecule has 0 aliphatic heterocycles. The van der Waals surface area contributed by atoms with E-state index < -0.39 is 10.0 Å². The summed E-state index contributed by atoms with van der Waals surface area (Å²) in [6, 6.07) is 2.98. The summed E-state index contributed by atoms with van der Waals surface area (Å²) in [5.41, 5.74) is 0.748. The lowest BCUT2D eigenvalue weighted by molar-refractivity contribution is 0.503. The first kappa shape index (κ1) is 15.0. The minimum Gasteiger partial charge on any atom is -0.307 e. The van der Waals surface area contributed by atoms with Crippen LogP contribution >= 0.6 is 0 Å². The fraction of sp³-hybridized carbons (Fsp3) is 0.545. The number of sulfonamides is 1. The Kier molecular flexibility index (Phi) is 5.64. The zero-order valence-electron chi connectivity index (χ0n) is 10.5. The molecule has 7 heteroatoms. The molecule has 1 aromatic rings. The number of rotatable bonds is 7. The molecule has 5 nitrogen and oxygen atoms in total. The normalized spacial score (nSPS) is 13.5. The molecule has 0 fully saturated rings. The Bertz CT molecular complexity index is 462. The van der Waals surface area contributed by atoms with Crippen molar-refractivity contribution in [3.8, 4) is 0 Å². The van der Waals surface area contributed by atoms with Crippen LogP contribution in [0, 0.1) is 5.82 Å². The van der Waals surface area contributed by atoms with E-state index in [1.54, 1.807) is 6.07 Å². The highest BCUT2D eigenvalue weighted by Crippen LogP contribution is 2.13. The summed E-state index contributed by atoms with van der Waals surface area (Å²) in [5.74, 6) is -0.368. The van der Waals surface area contributed by atoms with Crippen LogP contribution in [-0.2, 0) is 10.0 Å². The van der Waals surface area contributed by atoms with E-state index >= 15 is 0 Å². The first-order chi connectivity index (χ1) is 8.42. The highest BCUT2D eigenvalue weighted by atomic mass is 32.2. The Labute approximate surface area is 107 Å². The van der Waals surface area contributed by atoms with E-state index in [0.717, 1.165) is 18.4 Å². The van der Waals surface area contributed by atoms with Crippen molar-refractivity contribution in [3.63, 3.8) is 0 Å². The average molecular weight is 275 g/mol. The molecule has 0 saturated carbocycles. The maximum atomic E-state index is 12.7. The second-order valence-electron chi connectivity index (χ2n) is 3.98. The van der Waals surface area contributed by atoms with E-state index in [1.165, 1.54) is 12.3 Å². The third kappa shape index (κ3) is 5.52. The molecule has 0 amide bonds. The van der Waals surface area contributed by atoms with Gasteiger partial charge >= 0.3 is 0 Å². The van der Waals surface area contributed by atoms with Crippen LogP contribution in [-0.4, -0.2) is 32.7 Å². The molecule has 102 valence electrons. The number of aromatic nitrogens is 1. The lowest BCUT2D eigenvalue weighted by atomic mass is 10.1. The van der Waals surface area contributed by atoms with Gasteiger partial charge in [0.2, 0.25) is 10.0 Å². The number of nitrogens with zero attached hydrogens (tertiary/aromatic N) is 1. The van der Waals surface area contributed by atoms with E-state index in [-0.39, 0.29) is 11.9 Å². The van der Waals surface area contributed by atoms with Crippen molar-refractivity contribution in [1.29, 1.82) is 0 Å². The van der Waals surface area contributed by atoms with Crippen LogP contribution in [0.15, 0.2) is 18.3 Å². The maximum absolute atomic E-state index is 12.7. The highest BCUT2D eigenvalue weighted by Gasteiger charge is 2.10.